The van der Waals surface area contributed by atoms with Gasteiger partial charge in [-0.1, -0.05) is 43.6 Å². The van der Waals surface area contributed by atoms with Crippen LogP contribution < -0.4 is 5.32 Å². The molecule has 0 amide bonds. The van der Waals surface area contributed by atoms with E-state index in [2.05, 4.69) is 61.1 Å². The molecule has 4 heteroatoms. The zero-order valence-corrected chi connectivity index (χ0v) is 15.2. The minimum Gasteiger partial charge on any atom is -0.306 e. The van der Waals surface area contributed by atoms with Gasteiger partial charge in [0.15, 0.2) is 0 Å². The molecule has 1 atom stereocenters. The molecule has 0 aliphatic rings. The van der Waals surface area contributed by atoms with E-state index < -0.39 is 0 Å². The molecule has 2 rings (SSSR count). The SMILES string of the molecule is CCNC(c1cc(F)cc(Br)c1)c1ccc(C(C)(C)C)s1. The molecule has 1 aromatic heterocycles. The van der Waals surface area contributed by atoms with Gasteiger partial charge in [0.25, 0.3) is 0 Å². The molecule has 1 N–H and O–H groups in total. The van der Waals surface area contributed by atoms with Crippen LogP contribution >= 0.6 is 27.3 Å². The maximum absolute atomic E-state index is 13.7. The Morgan fingerprint density at radius 1 is 1.24 bits per heavy atom. The molecule has 0 saturated heterocycles. The van der Waals surface area contributed by atoms with Gasteiger partial charge >= 0.3 is 0 Å². The molecule has 1 aromatic carbocycles. The summed E-state index contributed by atoms with van der Waals surface area (Å²) in [4.78, 5) is 2.56. The monoisotopic (exact) mass is 369 g/mol. The number of rotatable bonds is 4. The minimum atomic E-state index is -0.213. The Morgan fingerprint density at radius 2 is 1.95 bits per heavy atom. The average Bonchev–Trinajstić information content (AvgIpc) is 2.83. The van der Waals surface area contributed by atoms with Gasteiger partial charge in [-0.2, -0.15) is 0 Å². The van der Waals surface area contributed by atoms with Crippen LogP contribution in [0.5, 0.6) is 0 Å². The molecule has 0 fully saturated rings. The van der Waals surface area contributed by atoms with Gasteiger partial charge in [0.1, 0.15) is 5.82 Å². The molecule has 114 valence electrons. The Balaban J connectivity index is 2.41. The van der Waals surface area contributed by atoms with Crippen LogP contribution in [-0.4, -0.2) is 6.54 Å². The Hall–Kier alpha value is -0.710. The lowest BCUT2D eigenvalue weighted by Crippen LogP contribution is -2.21. The largest absolute Gasteiger partial charge is 0.306 e. The lowest BCUT2D eigenvalue weighted by Gasteiger charge is -2.19. The lowest BCUT2D eigenvalue weighted by molar-refractivity contribution is 0.603. The van der Waals surface area contributed by atoms with Crippen molar-refractivity contribution in [3.05, 3.63) is 55.9 Å². The number of hydrogen-bond acceptors (Lipinski definition) is 2. The average molecular weight is 370 g/mol. The predicted molar refractivity (Wildman–Crippen MR) is 92.6 cm³/mol. The smallest absolute Gasteiger partial charge is 0.124 e. The third kappa shape index (κ3) is 4.15. The van der Waals surface area contributed by atoms with E-state index >= 15 is 0 Å². The fourth-order valence-electron chi connectivity index (χ4n) is 2.24. The van der Waals surface area contributed by atoms with Crippen molar-refractivity contribution in [3.8, 4) is 0 Å². The summed E-state index contributed by atoms with van der Waals surface area (Å²) in [5.74, 6) is -0.213. The molecule has 0 saturated carbocycles. The molecule has 0 spiro atoms. The van der Waals surface area contributed by atoms with Gasteiger partial charge in [-0.25, -0.2) is 4.39 Å². The highest BCUT2D eigenvalue weighted by molar-refractivity contribution is 9.10. The third-order valence-corrected chi connectivity index (χ3v) is 5.31. The minimum absolute atomic E-state index is 0.0306. The summed E-state index contributed by atoms with van der Waals surface area (Å²) >= 11 is 5.17. The number of benzene rings is 1. The highest BCUT2D eigenvalue weighted by atomic mass is 79.9. The standard InChI is InChI=1S/C17H21BrFNS/c1-5-20-16(11-8-12(18)10-13(19)9-11)14-6-7-15(21-14)17(2,3)4/h6-10,16,20H,5H2,1-4H3. The maximum Gasteiger partial charge on any atom is 0.124 e. The van der Waals surface area contributed by atoms with E-state index in [0.717, 1.165) is 16.6 Å². The first-order valence-electron chi connectivity index (χ1n) is 7.11. The molecule has 2 aromatic rings. The third-order valence-electron chi connectivity index (χ3n) is 3.28. The molecule has 0 bridgehead atoms. The molecular formula is C17H21BrFNS. The van der Waals surface area contributed by atoms with Crippen LogP contribution in [0, 0.1) is 5.82 Å². The van der Waals surface area contributed by atoms with Crippen molar-refractivity contribution in [2.45, 2.75) is 39.2 Å². The van der Waals surface area contributed by atoms with Crippen molar-refractivity contribution < 1.29 is 4.39 Å². The highest BCUT2D eigenvalue weighted by Crippen LogP contribution is 2.35. The van der Waals surface area contributed by atoms with Crippen molar-refractivity contribution in [3.63, 3.8) is 0 Å². The molecule has 1 nitrogen and oxygen atoms in total. The summed E-state index contributed by atoms with van der Waals surface area (Å²) in [7, 11) is 0. The van der Waals surface area contributed by atoms with Crippen molar-refractivity contribution in [1.82, 2.24) is 5.32 Å². The van der Waals surface area contributed by atoms with Gasteiger partial charge in [0.2, 0.25) is 0 Å². The number of nitrogens with one attached hydrogen (secondary N) is 1. The summed E-state index contributed by atoms with van der Waals surface area (Å²) in [6, 6.07) is 9.43. The van der Waals surface area contributed by atoms with Crippen LogP contribution in [0.25, 0.3) is 0 Å². The molecular weight excluding hydrogens is 349 g/mol. The molecule has 0 aliphatic heterocycles. The highest BCUT2D eigenvalue weighted by Gasteiger charge is 2.21. The summed E-state index contributed by atoms with van der Waals surface area (Å²) < 4.78 is 14.5. The molecule has 21 heavy (non-hydrogen) atoms. The van der Waals surface area contributed by atoms with E-state index in [9.17, 15) is 4.39 Å². The van der Waals surface area contributed by atoms with Gasteiger partial charge in [-0.05, 0) is 47.9 Å². The van der Waals surface area contributed by atoms with E-state index in [0.29, 0.717) is 0 Å². The van der Waals surface area contributed by atoms with Crippen LogP contribution in [0.3, 0.4) is 0 Å². The van der Waals surface area contributed by atoms with Crippen molar-refractivity contribution >= 4 is 27.3 Å². The first-order chi connectivity index (χ1) is 9.81. The van der Waals surface area contributed by atoms with Crippen molar-refractivity contribution in [2.75, 3.05) is 6.54 Å². The number of hydrogen-bond donors (Lipinski definition) is 1. The second-order valence-corrected chi connectivity index (χ2v) is 8.18. The summed E-state index contributed by atoms with van der Waals surface area (Å²) in [6.07, 6.45) is 0. The van der Waals surface area contributed by atoms with Crippen molar-refractivity contribution in [2.24, 2.45) is 0 Å². The molecule has 0 radical (unpaired) electrons. The Morgan fingerprint density at radius 3 is 2.48 bits per heavy atom. The molecule has 0 aliphatic carbocycles. The fraction of sp³-hybridized carbons (Fsp3) is 0.412. The van der Waals surface area contributed by atoms with E-state index in [1.807, 2.05) is 6.07 Å². The van der Waals surface area contributed by atoms with Gasteiger partial charge < -0.3 is 5.32 Å². The predicted octanol–water partition coefficient (Wildman–Crippen LogP) is 5.65. The quantitative estimate of drug-likeness (QED) is 0.734. The van der Waals surface area contributed by atoms with Gasteiger partial charge in [-0.15, -0.1) is 11.3 Å². The maximum atomic E-state index is 13.7. The Labute approximate surface area is 138 Å². The van der Waals surface area contributed by atoms with Gasteiger partial charge in [-0.3, -0.25) is 0 Å². The van der Waals surface area contributed by atoms with Gasteiger partial charge in [0, 0.05) is 14.2 Å². The molecule has 1 unspecified atom stereocenters. The zero-order valence-electron chi connectivity index (χ0n) is 12.8. The van der Waals surface area contributed by atoms with Crippen LogP contribution in [0.2, 0.25) is 0 Å². The summed E-state index contributed by atoms with van der Waals surface area (Å²) in [5, 5.41) is 3.46. The molecule has 1 heterocycles. The van der Waals surface area contributed by atoms with Crippen LogP contribution in [0.1, 0.15) is 49.1 Å². The Bertz CT molecular complexity index is 595. The van der Waals surface area contributed by atoms with Gasteiger partial charge in [0.05, 0.1) is 6.04 Å². The summed E-state index contributed by atoms with van der Waals surface area (Å²) in [6.45, 7) is 9.54. The van der Waals surface area contributed by atoms with Crippen molar-refractivity contribution in [1.29, 1.82) is 0 Å². The Kier molecular flexibility index (Phi) is 5.23. The first-order valence-corrected chi connectivity index (χ1v) is 8.72. The topological polar surface area (TPSA) is 12.0 Å². The first kappa shape index (κ1) is 16.7. The van der Waals surface area contributed by atoms with E-state index in [-0.39, 0.29) is 17.3 Å². The van der Waals surface area contributed by atoms with Crippen LogP contribution in [0.4, 0.5) is 4.39 Å². The zero-order chi connectivity index (χ0) is 15.6. The van der Waals surface area contributed by atoms with E-state index in [1.165, 1.54) is 15.8 Å². The number of halogens is 2. The lowest BCUT2D eigenvalue weighted by atomic mass is 9.95. The summed E-state index contributed by atoms with van der Waals surface area (Å²) in [5.41, 5.74) is 1.09. The van der Waals surface area contributed by atoms with Crippen LogP contribution in [-0.2, 0) is 5.41 Å². The van der Waals surface area contributed by atoms with E-state index in [1.54, 1.807) is 17.4 Å². The second kappa shape index (κ2) is 6.59. The van der Waals surface area contributed by atoms with E-state index in [4.69, 9.17) is 0 Å². The normalized spacial score (nSPS) is 13.4. The van der Waals surface area contributed by atoms with Crippen LogP contribution in [0.15, 0.2) is 34.8 Å². The second-order valence-electron chi connectivity index (χ2n) is 6.15. The number of thiophene rings is 1. The fourth-order valence-corrected chi connectivity index (χ4v) is 3.89.